The van der Waals surface area contributed by atoms with Gasteiger partial charge >= 0.3 is 0 Å². The van der Waals surface area contributed by atoms with Gasteiger partial charge in [0.1, 0.15) is 6.10 Å². The zero-order valence-corrected chi connectivity index (χ0v) is 16.9. The average molecular weight is 394 g/mol. The van der Waals surface area contributed by atoms with Crippen LogP contribution in [0.25, 0.3) is 0 Å². The topological polar surface area (TPSA) is 21.3 Å². The first kappa shape index (κ1) is 20.6. The highest BCUT2D eigenvalue weighted by molar-refractivity contribution is 5.85. The van der Waals surface area contributed by atoms with E-state index in [1.807, 2.05) is 0 Å². The van der Waals surface area contributed by atoms with Crippen LogP contribution in [0.3, 0.4) is 0 Å². The number of piperidine rings is 1. The lowest BCUT2D eigenvalue weighted by atomic mass is 9.74. The first-order valence-corrected chi connectivity index (χ1v) is 9.85. The largest absolute Gasteiger partial charge is 0.368 e. The highest BCUT2D eigenvalue weighted by atomic mass is 35.5. The molecule has 0 saturated carbocycles. The molecule has 0 unspecified atom stereocenters. The van der Waals surface area contributed by atoms with Crippen molar-refractivity contribution in [2.75, 3.05) is 19.7 Å². The zero-order valence-electron chi connectivity index (χ0n) is 16.1. The van der Waals surface area contributed by atoms with Gasteiger partial charge in [-0.2, -0.15) is 0 Å². The molecule has 0 aromatic heterocycles. The number of hydrogen-bond donors (Lipinski definition) is 1. The molecule has 0 radical (unpaired) electrons. The molecule has 3 heteroatoms. The molecule has 3 aromatic rings. The molecule has 0 bridgehead atoms. The summed E-state index contributed by atoms with van der Waals surface area (Å²) in [4.78, 5) is 0. The maximum Gasteiger partial charge on any atom is 0.108 e. The van der Waals surface area contributed by atoms with E-state index >= 15 is 0 Å². The highest BCUT2D eigenvalue weighted by Gasteiger charge is 2.35. The summed E-state index contributed by atoms with van der Waals surface area (Å²) in [7, 11) is 0. The van der Waals surface area contributed by atoms with Crippen molar-refractivity contribution < 1.29 is 4.74 Å². The molecule has 1 fully saturated rings. The number of ether oxygens (including phenoxy) is 1. The monoisotopic (exact) mass is 393 g/mol. The van der Waals surface area contributed by atoms with Crippen LogP contribution in [0.1, 0.15) is 35.6 Å². The van der Waals surface area contributed by atoms with Crippen LogP contribution in [0.5, 0.6) is 0 Å². The van der Waals surface area contributed by atoms with E-state index in [1.54, 1.807) is 0 Å². The fourth-order valence-corrected chi connectivity index (χ4v) is 4.10. The van der Waals surface area contributed by atoms with Crippen molar-refractivity contribution in [3.8, 4) is 0 Å². The van der Waals surface area contributed by atoms with Crippen molar-refractivity contribution in [3.05, 3.63) is 108 Å². The number of hydrogen-bond acceptors (Lipinski definition) is 2. The van der Waals surface area contributed by atoms with Crippen molar-refractivity contribution in [2.45, 2.75) is 24.4 Å². The molecule has 1 aliphatic rings. The van der Waals surface area contributed by atoms with E-state index in [4.69, 9.17) is 4.74 Å². The molecule has 0 atom stereocenters. The maximum atomic E-state index is 6.68. The van der Waals surface area contributed by atoms with Gasteiger partial charge < -0.3 is 10.1 Å². The van der Waals surface area contributed by atoms with E-state index < -0.39 is 0 Å². The fourth-order valence-electron chi connectivity index (χ4n) is 4.10. The summed E-state index contributed by atoms with van der Waals surface area (Å²) >= 11 is 0. The van der Waals surface area contributed by atoms with E-state index in [1.165, 1.54) is 16.7 Å². The Labute approximate surface area is 174 Å². The second-order valence-electron chi connectivity index (χ2n) is 7.41. The lowest BCUT2D eigenvalue weighted by Gasteiger charge is -2.39. The van der Waals surface area contributed by atoms with Gasteiger partial charge in [-0.1, -0.05) is 91.0 Å². The standard InChI is InChI=1S/C25H27NO.ClH/c1-4-10-21(11-5-1)24(22-12-6-2-7-13-22)27-20-25(16-18-26-19-17-25)23-14-8-3-9-15-23;/h1-15,24,26H,16-20H2;1H. The molecule has 1 aliphatic heterocycles. The minimum atomic E-state index is -0.0390. The minimum absolute atomic E-state index is 0. The smallest absolute Gasteiger partial charge is 0.108 e. The Kier molecular flexibility index (Phi) is 7.27. The van der Waals surface area contributed by atoms with Crippen molar-refractivity contribution in [1.29, 1.82) is 0 Å². The molecule has 0 spiro atoms. The van der Waals surface area contributed by atoms with Crippen LogP contribution in [0.2, 0.25) is 0 Å². The van der Waals surface area contributed by atoms with Gasteiger partial charge in [-0.15, -0.1) is 12.4 Å². The van der Waals surface area contributed by atoms with Gasteiger partial charge in [-0.3, -0.25) is 0 Å². The number of rotatable bonds is 6. The lowest BCUT2D eigenvalue weighted by Crippen LogP contribution is -2.43. The molecule has 0 amide bonds. The fraction of sp³-hybridized carbons (Fsp3) is 0.280. The molecule has 0 aliphatic carbocycles. The quantitative estimate of drug-likeness (QED) is 0.594. The SMILES string of the molecule is Cl.c1ccc(C(OCC2(c3ccccc3)CCNCC2)c2ccccc2)cc1. The lowest BCUT2D eigenvalue weighted by molar-refractivity contribution is 0.0274. The Morgan fingerprint density at radius 1 is 0.714 bits per heavy atom. The second-order valence-corrected chi connectivity index (χ2v) is 7.41. The van der Waals surface area contributed by atoms with Crippen molar-refractivity contribution in [1.82, 2.24) is 5.32 Å². The predicted molar refractivity (Wildman–Crippen MR) is 118 cm³/mol. The van der Waals surface area contributed by atoms with Gasteiger partial charge in [-0.05, 0) is 42.6 Å². The van der Waals surface area contributed by atoms with Gasteiger partial charge in [0.2, 0.25) is 0 Å². The Hall–Kier alpha value is -2.13. The van der Waals surface area contributed by atoms with Gasteiger partial charge in [0.25, 0.3) is 0 Å². The summed E-state index contributed by atoms with van der Waals surface area (Å²) in [6.07, 6.45) is 2.17. The third-order valence-corrected chi connectivity index (χ3v) is 5.68. The Balaban J connectivity index is 0.00000225. The predicted octanol–water partition coefficient (Wildman–Crippen LogP) is 5.54. The Morgan fingerprint density at radius 2 is 1.18 bits per heavy atom. The van der Waals surface area contributed by atoms with Gasteiger partial charge in [0, 0.05) is 5.41 Å². The molecule has 146 valence electrons. The third kappa shape index (κ3) is 4.64. The van der Waals surface area contributed by atoms with Crippen molar-refractivity contribution in [2.24, 2.45) is 0 Å². The van der Waals surface area contributed by atoms with E-state index in [9.17, 15) is 0 Å². The number of benzene rings is 3. The van der Waals surface area contributed by atoms with Gasteiger partial charge in [-0.25, -0.2) is 0 Å². The zero-order chi connectivity index (χ0) is 18.4. The van der Waals surface area contributed by atoms with E-state index in [0.717, 1.165) is 32.5 Å². The van der Waals surface area contributed by atoms with Crippen LogP contribution in [0.15, 0.2) is 91.0 Å². The molecule has 4 rings (SSSR count). The summed E-state index contributed by atoms with van der Waals surface area (Å²) < 4.78 is 6.68. The molecule has 3 aromatic carbocycles. The Morgan fingerprint density at radius 3 is 1.68 bits per heavy atom. The molecule has 2 nitrogen and oxygen atoms in total. The summed E-state index contributed by atoms with van der Waals surface area (Å²) in [5.74, 6) is 0. The maximum absolute atomic E-state index is 6.68. The molecule has 28 heavy (non-hydrogen) atoms. The second kappa shape index (κ2) is 9.88. The third-order valence-electron chi connectivity index (χ3n) is 5.68. The minimum Gasteiger partial charge on any atom is -0.368 e. The summed E-state index contributed by atoms with van der Waals surface area (Å²) in [6, 6.07) is 32.0. The van der Waals surface area contributed by atoms with Crippen LogP contribution in [-0.4, -0.2) is 19.7 Å². The van der Waals surface area contributed by atoms with Crippen LogP contribution < -0.4 is 5.32 Å². The van der Waals surface area contributed by atoms with Crippen molar-refractivity contribution in [3.63, 3.8) is 0 Å². The van der Waals surface area contributed by atoms with Gasteiger partial charge in [0.05, 0.1) is 6.61 Å². The molecular weight excluding hydrogens is 366 g/mol. The molecular formula is C25H28ClNO. The molecule has 1 saturated heterocycles. The van der Waals surface area contributed by atoms with E-state index in [0.29, 0.717) is 0 Å². The number of halogens is 1. The number of nitrogens with one attached hydrogen (secondary N) is 1. The molecule has 1 N–H and O–H groups in total. The van der Waals surface area contributed by atoms with Crippen LogP contribution in [0.4, 0.5) is 0 Å². The van der Waals surface area contributed by atoms with E-state index in [2.05, 4.69) is 96.3 Å². The van der Waals surface area contributed by atoms with Gasteiger partial charge in [0.15, 0.2) is 0 Å². The summed E-state index contributed by atoms with van der Waals surface area (Å²) in [5.41, 5.74) is 3.89. The summed E-state index contributed by atoms with van der Waals surface area (Å²) in [5, 5.41) is 3.50. The van der Waals surface area contributed by atoms with E-state index in [-0.39, 0.29) is 23.9 Å². The van der Waals surface area contributed by atoms with Crippen LogP contribution in [0, 0.1) is 0 Å². The molecule has 1 heterocycles. The van der Waals surface area contributed by atoms with Crippen LogP contribution >= 0.6 is 12.4 Å². The van der Waals surface area contributed by atoms with Crippen molar-refractivity contribution >= 4 is 12.4 Å². The Bertz CT molecular complexity index is 777. The first-order chi connectivity index (χ1) is 13.4. The summed E-state index contributed by atoms with van der Waals surface area (Å²) in [6.45, 7) is 2.81. The highest BCUT2D eigenvalue weighted by Crippen LogP contribution is 2.36. The average Bonchev–Trinajstić information content (AvgIpc) is 2.77. The van der Waals surface area contributed by atoms with Crippen LogP contribution in [-0.2, 0) is 10.2 Å². The first-order valence-electron chi connectivity index (χ1n) is 9.85. The normalized spacial score (nSPS) is 15.8.